The van der Waals surface area contributed by atoms with Gasteiger partial charge in [-0.2, -0.15) is 0 Å². The normalized spacial score (nSPS) is 31.9. The van der Waals surface area contributed by atoms with Crippen molar-refractivity contribution in [3.05, 3.63) is 0 Å². The van der Waals surface area contributed by atoms with Gasteiger partial charge in [-0.1, -0.05) is 6.42 Å². The first-order chi connectivity index (χ1) is 8.98. The van der Waals surface area contributed by atoms with E-state index in [1.807, 2.05) is 0 Å². The average Bonchev–Trinajstić information content (AvgIpc) is 2.35. The van der Waals surface area contributed by atoms with Gasteiger partial charge in [0.25, 0.3) is 0 Å². The number of rotatable bonds is 4. The van der Waals surface area contributed by atoms with Crippen LogP contribution in [-0.4, -0.2) is 48.3 Å². The molecule has 112 valence electrons. The number of nitrogens with one attached hydrogen (secondary N) is 1. The van der Waals surface area contributed by atoms with E-state index >= 15 is 0 Å². The highest BCUT2D eigenvalue weighted by molar-refractivity contribution is 4.88. The van der Waals surface area contributed by atoms with Crippen molar-refractivity contribution in [2.45, 2.75) is 83.5 Å². The molecule has 2 atom stereocenters. The van der Waals surface area contributed by atoms with E-state index in [9.17, 15) is 0 Å². The zero-order valence-corrected chi connectivity index (χ0v) is 13.2. The molecule has 0 bridgehead atoms. The highest BCUT2D eigenvalue weighted by Gasteiger charge is 2.34. The summed E-state index contributed by atoms with van der Waals surface area (Å²) in [6, 6.07) is 2.01. The van der Waals surface area contributed by atoms with E-state index in [0.717, 1.165) is 13.0 Å². The Kier molecular flexibility index (Phi) is 5.27. The van der Waals surface area contributed by atoms with E-state index < -0.39 is 0 Å². The zero-order valence-electron chi connectivity index (χ0n) is 13.2. The molecule has 0 spiro atoms. The molecule has 0 radical (unpaired) electrons. The van der Waals surface area contributed by atoms with Gasteiger partial charge in [-0.15, -0.1) is 0 Å². The maximum atomic E-state index is 5.87. The van der Waals surface area contributed by atoms with Crippen LogP contribution in [0.1, 0.15) is 59.8 Å². The number of piperidine rings is 1. The summed E-state index contributed by atoms with van der Waals surface area (Å²) in [5, 5.41) is 3.69. The van der Waals surface area contributed by atoms with Crippen LogP contribution in [0.25, 0.3) is 0 Å². The summed E-state index contributed by atoms with van der Waals surface area (Å²) in [6.45, 7) is 12.5. The molecular formula is C16H32N2O. The lowest BCUT2D eigenvalue weighted by molar-refractivity contribution is -0.0887. The molecular weight excluding hydrogens is 236 g/mol. The van der Waals surface area contributed by atoms with Crippen molar-refractivity contribution in [2.24, 2.45) is 0 Å². The van der Waals surface area contributed by atoms with Gasteiger partial charge < -0.3 is 10.1 Å². The number of hydrogen-bond donors (Lipinski definition) is 1. The van der Waals surface area contributed by atoms with Gasteiger partial charge in [0.05, 0.1) is 5.60 Å². The molecule has 19 heavy (non-hydrogen) atoms. The zero-order chi connectivity index (χ0) is 13.9. The molecule has 2 unspecified atom stereocenters. The van der Waals surface area contributed by atoms with Crippen molar-refractivity contribution in [2.75, 3.05) is 19.7 Å². The summed E-state index contributed by atoms with van der Waals surface area (Å²) in [6.07, 6.45) is 6.44. The predicted molar refractivity (Wildman–Crippen MR) is 80.5 cm³/mol. The Morgan fingerprint density at radius 1 is 1.26 bits per heavy atom. The van der Waals surface area contributed by atoms with Gasteiger partial charge in [0.1, 0.15) is 0 Å². The van der Waals surface area contributed by atoms with Crippen LogP contribution in [0.5, 0.6) is 0 Å². The second-order valence-corrected chi connectivity index (χ2v) is 7.19. The van der Waals surface area contributed by atoms with E-state index in [1.54, 1.807) is 0 Å². The molecule has 0 aliphatic carbocycles. The first-order valence-corrected chi connectivity index (χ1v) is 8.11. The molecule has 0 saturated carbocycles. The smallest absolute Gasteiger partial charge is 0.0641 e. The summed E-state index contributed by atoms with van der Waals surface area (Å²) in [4.78, 5) is 2.72. The Labute approximate surface area is 119 Å². The molecule has 1 N–H and O–H groups in total. The first-order valence-electron chi connectivity index (χ1n) is 8.11. The predicted octanol–water partition coefficient (Wildman–Crippen LogP) is 2.80. The van der Waals surface area contributed by atoms with Crippen LogP contribution in [0.3, 0.4) is 0 Å². The molecule has 2 aliphatic rings. The molecule has 2 aliphatic heterocycles. The Bertz CT molecular complexity index is 272. The summed E-state index contributed by atoms with van der Waals surface area (Å²) in [5.74, 6) is 0. The van der Waals surface area contributed by atoms with Crippen molar-refractivity contribution in [1.82, 2.24) is 10.2 Å². The van der Waals surface area contributed by atoms with Crippen LogP contribution >= 0.6 is 0 Å². The quantitative estimate of drug-likeness (QED) is 0.848. The van der Waals surface area contributed by atoms with Crippen LogP contribution in [0.4, 0.5) is 0 Å². The lowest BCUT2D eigenvalue weighted by atomic mass is 9.91. The average molecular weight is 268 g/mol. The van der Waals surface area contributed by atoms with Crippen LogP contribution in [-0.2, 0) is 4.74 Å². The van der Waals surface area contributed by atoms with Gasteiger partial charge in [-0.3, -0.25) is 4.90 Å². The highest BCUT2D eigenvalue weighted by Crippen LogP contribution is 2.29. The summed E-state index contributed by atoms with van der Waals surface area (Å²) in [7, 11) is 0. The van der Waals surface area contributed by atoms with Gasteiger partial charge in [0.15, 0.2) is 0 Å². The number of ether oxygens (including phenoxy) is 1. The summed E-state index contributed by atoms with van der Waals surface area (Å²) in [5.41, 5.74) is 0.0516. The van der Waals surface area contributed by atoms with Crippen molar-refractivity contribution >= 4 is 0 Å². The second-order valence-electron chi connectivity index (χ2n) is 7.19. The van der Waals surface area contributed by atoms with Crippen LogP contribution < -0.4 is 5.32 Å². The fraction of sp³-hybridized carbons (Fsp3) is 1.00. The maximum absolute atomic E-state index is 5.87. The summed E-state index contributed by atoms with van der Waals surface area (Å²) < 4.78 is 5.87. The molecule has 0 aromatic rings. The first kappa shape index (κ1) is 15.3. The Morgan fingerprint density at radius 2 is 2.05 bits per heavy atom. The Morgan fingerprint density at radius 3 is 2.63 bits per heavy atom. The third-order valence-corrected chi connectivity index (χ3v) is 4.65. The fourth-order valence-electron chi connectivity index (χ4n) is 3.60. The molecule has 3 nitrogen and oxygen atoms in total. The monoisotopic (exact) mass is 268 g/mol. The third kappa shape index (κ3) is 4.44. The van der Waals surface area contributed by atoms with Crippen molar-refractivity contribution < 1.29 is 4.74 Å². The Balaban J connectivity index is 1.94. The van der Waals surface area contributed by atoms with E-state index in [2.05, 4.69) is 37.9 Å². The molecule has 2 fully saturated rings. The van der Waals surface area contributed by atoms with Gasteiger partial charge in [-0.25, -0.2) is 0 Å². The molecule has 0 amide bonds. The minimum atomic E-state index is 0.0516. The van der Waals surface area contributed by atoms with Gasteiger partial charge in [0.2, 0.25) is 0 Å². The molecule has 2 saturated heterocycles. The SMILES string of the molecule is CC(C)N(CC1CCCCN1)C1CCOC(C)(C)C1. The van der Waals surface area contributed by atoms with Gasteiger partial charge in [0, 0.05) is 31.3 Å². The lowest BCUT2D eigenvalue weighted by Crippen LogP contribution is -2.53. The molecule has 0 aromatic heterocycles. The maximum Gasteiger partial charge on any atom is 0.0641 e. The lowest BCUT2D eigenvalue weighted by Gasteiger charge is -2.44. The van der Waals surface area contributed by atoms with Crippen molar-refractivity contribution in [3.8, 4) is 0 Å². The highest BCUT2D eigenvalue weighted by atomic mass is 16.5. The minimum Gasteiger partial charge on any atom is -0.375 e. The fourth-order valence-corrected chi connectivity index (χ4v) is 3.60. The van der Waals surface area contributed by atoms with E-state index in [1.165, 1.54) is 38.8 Å². The van der Waals surface area contributed by atoms with Crippen LogP contribution in [0.15, 0.2) is 0 Å². The van der Waals surface area contributed by atoms with Gasteiger partial charge in [-0.05, 0) is 59.9 Å². The van der Waals surface area contributed by atoms with E-state index in [0.29, 0.717) is 18.1 Å². The standard InChI is InChI=1S/C16H32N2O/c1-13(2)18(12-14-7-5-6-9-17-14)15-8-10-19-16(3,4)11-15/h13-15,17H,5-12H2,1-4H3. The second kappa shape index (κ2) is 6.55. The molecule has 0 aromatic carbocycles. The van der Waals surface area contributed by atoms with Crippen LogP contribution in [0, 0.1) is 0 Å². The minimum absolute atomic E-state index is 0.0516. The largest absolute Gasteiger partial charge is 0.375 e. The topological polar surface area (TPSA) is 24.5 Å². The van der Waals surface area contributed by atoms with E-state index in [-0.39, 0.29) is 5.60 Å². The molecule has 2 heterocycles. The van der Waals surface area contributed by atoms with Gasteiger partial charge >= 0.3 is 0 Å². The number of nitrogens with zero attached hydrogens (tertiary/aromatic N) is 1. The number of hydrogen-bond acceptors (Lipinski definition) is 3. The third-order valence-electron chi connectivity index (χ3n) is 4.65. The molecule has 2 rings (SSSR count). The molecule has 3 heteroatoms. The van der Waals surface area contributed by atoms with Crippen molar-refractivity contribution in [1.29, 1.82) is 0 Å². The Hall–Kier alpha value is -0.120. The van der Waals surface area contributed by atoms with E-state index in [4.69, 9.17) is 4.74 Å². The summed E-state index contributed by atoms with van der Waals surface area (Å²) >= 11 is 0. The van der Waals surface area contributed by atoms with Crippen molar-refractivity contribution in [3.63, 3.8) is 0 Å². The van der Waals surface area contributed by atoms with Crippen LogP contribution in [0.2, 0.25) is 0 Å².